The Balaban J connectivity index is 1.95. The summed E-state index contributed by atoms with van der Waals surface area (Å²) < 4.78 is 13.2. The number of hydrogen-bond acceptors (Lipinski definition) is 4. The van der Waals surface area contributed by atoms with Crippen LogP contribution in [-0.2, 0) is 4.79 Å². The zero-order chi connectivity index (χ0) is 14.4. The SMILES string of the molecule is O=C1CCC(N2C(=O)c3ccc(F)cc3C2=O)C(O)N1. The minimum absolute atomic E-state index is 0.0147. The van der Waals surface area contributed by atoms with Gasteiger partial charge in [-0.1, -0.05) is 0 Å². The summed E-state index contributed by atoms with van der Waals surface area (Å²) in [6.45, 7) is 0. The van der Waals surface area contributed by atoms with E-state index in [4.69, 9.17) is 0 Å². The number of halogens is 1. The van der Waals surface area contributed by atoms with Crippen LogP contribution in [0.2, 0.25) is 0 Å². The Morgan fingerprint density at radius 1 is 1.20 bits per heavy atom. The summed E-state index contributed by atoms with van der Waals surface area (Å²) in [5.74, 6) is -2.17. The summed E-state index contributed by atoms with van der Waals surface area (Å²) in [6, 6.07) is 2.53. The van der Waals surface area contributed by atoms with Gasteiger partial charge >= 0.3 is 0 Å². The molecule has 6 nitrogen and oxygen atoms in total. The molecule has 2 heterocycles. The molecule has 2 atom stereocenters. The van der Waals surface area contributed by atoms with E-state index in [0.717, 1.165) is 17.0 Å². The van der Waals surface area contributed by atoms with Crippen LogP contribution >= 0.6 is 0 Å². The first kappa shape index (κ1) is 12.7. The molecule has 1 aromatic rings. The third-order valence-corrected chi connectivity index (χ3v) is 3.55. The van der Waals surface area contributed by atoms with Crippen LogP contribution < -0.4 is 5.32 Å². The van der Waals surface area contributed by atoms with Gasteiger partial charge in [0, 0.05) is 6.42 Å². The molecule has 1 aromatic carbocycles. The van der Waals surface area contributed by atoms with E-state index in [0.29, 0.717) is 0 Å². The summed E-state index contributed by atoms with van der Waals surface area (Å²) in [4.78, 5) is 36.5. The second kappa shape index (κ2) is 4.38. The second-order valence-electron chi connectivity index (χ2n) is 4.79. The van der Waals surface area contributed by atoms with E-state index in [-0.39, 0.29) is 29.9 Å². The fourth-order valence-electron chi connectivity index (χ4n) is 2.57. The van der Waals surface area contributed by atoms with Gasteiger partial charge in [-0.25, -0.2) is 4.39 Å². The normalized spacial score (nSPS) is 25.7. The Labute approximate surface area is 113 Å². The van der Waals surface area contributed by atoms with E-state index in [9.17, 15) is 23.9 Å². The van der Waals surface area contributed by atoms with E-state index >= 15 is 0 Å². The predicted octanol–water partition coefficient (Wildman–Crippen LogP) is 0.0187. The van der Waals surface area contributed by atoms with Crippen molar-refractivity contribution in [2.75, 3.05) is 0 Å². The Kier molecular flexibility index (Phi) is 2.79. The van der Waals surface area contributed by atoms with Crippen LogP contribution in [0.3, 0.4) is 0 Å². The topological polar surface area (TPSA) is 86.7 Å². The Morgan fingerprint density at radius 2 is 1.90 bits per heavy atom. The third kappa shape index (κ3) is 1.78. The number of nitrogens with zero attached hydrogens (tertiary/aromatic N) is 1. The zero-order valence-electron chi connectivity index (χ0n) is 10.3. The Hall–Kier alpha value is -2.28. The highest BCUT2D eigenvalue weighted by atomic mass is 19.1. The maximum absolute atomic E-state index is 13.2. The smallest absolute Gasteiger partial charge is 0.262 e. The summed E-state index contributed by atoms with van der Waals surface area (Å²) in [5, 5.41) is 12.1. The second-order valence-corrected chi connectivity index (χ2v) is 4.79. The van der Waals surface area contributed by atoms with Crippen LogP contribution in [-0.4, -0.2) is 40.0 Å². The van der Waals surface area contributed by atoms with Crippen molar-refractivity contribution in [1.82, 2.24) is 10.2 Å². The molecule has 1 fully saturated rings. The van der Waals surface area contributed by atoms with Crippen LogP contribution in [0.25, 0.3) is 0 Å². The van der Waals surface area contributed by atoms with Crippen molar-refractivity contribution in [3.8, 4) is 0 Å². The molecule has 0 bridgehead atoms. The maximum atomic E-state index is 13.2. The molecule has 1 saturated heterocycles. The highest BCUT2D eigenvalue weighted by Gasteiger charge is 2.44. The lowest BCUT2D eigenvalue weighted by Gasteiger charge is -2.33. The number of aliphatic hydroxyl groups is 1. The van der Waals surface area contributed by atoms with Crippen LogP contribution in [0, 0.1) is 5.82 Å². The third-order valence-electron chi connectivity index (χ3n) is 3.55. The lowest BCUT2D eigenvalue weighted by molar-refractivity contribution is -0.129. The monoisotopic (exact) mass is 278 g/mol. The van der Waals surface area contributed by atoms with Crippen molar-refractivity contribution in [1.29, 1.82) is 0 Å². The van der Waals surface area contributed by atoms with Crippen LogP contribution in [0.15, 0.2) is 18.2 Å². The minimum Gasteiger partial charge on any atom is -0.372 e. The van der Waals surface area contributed by atoms with E-state index in [1.165, 1.54) is 6.07 Å². The van der Waals surface area contributed by atoms with Gasteiger partial charge in [0.2, 0.25) is 5.91 Å². The van der Waals surface area contributed by atoms with Gasteiger partial charge in [0.15, 0.2) is 0 Å². The molecule has 0 saturated carbocycles. The molecule has 2 aliphatic heterocycles. The van der Waals surface area contributed by atoms with Gasteiger partial charge < -0.3 is 10.4 Å². The van der Waals surface area contributed by atoms with Gasteiger partial charge in [0.1, 0.15) is 12.0 Å². The largest absolute Gasteiger partial charge is 0.372 e. The average molecular weight is 278 g/mol. The number of amides is 3. The Bertz CT molecular complexity index is 631. The fourth-order valence-corrected chi connectivity index (χ4v) is 2.57. The number of rotatable bonds is 1. The number of fused-ring (bicyclic) bond motifs is 1. The average Bonchev–Trinajstić information content (AvgIpc) is 2.63. The van der Waals surface area contributed by atoms with Crippen molar-refractivity contribution < 1.29 is 23.9 Å². The standard InChI is InChI=1S/C13H11FN2O4/c14-6-1-2-7-8(5-6)13(20)16(12(7)19)9-3-4-10(17)15-11(9)18/h1-2,5,9,11,18H,3-4H2,(H,15,17). The number of aliphatic hydroxyl groups excluding tert-OH is 1. The molecule has 0 radical (unpaired) electrons. The summed E-state index contributed by atoms with van der Waals surface area (Å²) in [6.07, 6.45) is -1.01. The molecule has 0 aromatic heterocycles. The number of piperidine rings is 1. The van der Waals surface area contributed by atoms with Gasteiger partial charge in [-0.2, -0.15) is 0 Å². The van der Waals surface area contributed by atoms with Crippen LogP contribution in [0.4, 0.5) is 4.39 Å². The Morgan fingerprint density at radius 3 is 2.60 bits per heavy atom. The number of carbonyl (C=O) groups excluding carboxylic acids is 3. The first-order valence-electron chi connectivity index (χ1n) is 6.14. The summed E-state index contributed by atoms with van der Waals surface area (Å²) >= 11 is 0. The van der Waals surface area contributed by atoms with Crippen molar-refractivity contribution in [3.05, 3.63) is 35.1 Å². The molecule has 7 heteroatoms. The summed E-state index contributed by atoms with van der Waals surface area (Å²) in [5.41, 5.74) is 0.0969. The van der Waals surface area contributed by atoms with Crippen molar-refractivity contribution in [2.45, 2.75) is 25.1 Å². The van der Waals surface area contributed by atoms with Gasteiger partial charge in [-0.3, -0.25) is 19.3 Å². The predicted molar refractivity (Wildman–Crippen MR) is 64.1 cm³/mol. The molecule has 3 amide bonds. The van der Waals surface area contributed by atoms with E-state index in [1.807, 2.05) is 0 Å². The van der Waals surface area contributed by atoms with Crippen molar-refractivity contribution >= 4 is 17.7 Å². The molecule has 0 spiro atoms. The molecule has 2 aliphatic rings. The molecule has 2 unspecified atom stereocenters. The molecular weight excluding hydrogens is 267 g/mol. The van der Waals surface area contributed by atoms with E-state index in [2.05, 4.69) is 5.32 Å². The van der Waals surface area contributed by atoms with Crippen LogP contribution in [0.1, 0.15) is 33.6 Å². The molecule has 3 rings (SSSR count). The zero-order valence-corrected chi connectivity index (χ0v) is 10.3. The molecule has 0 aliphatic carbocycles. The number of carbonyl (C=O) groups is 3. The molecule has 2 N–H and O–H groups in total. The van der Waals surface area contributed by atoms with Gasteiger partial charge in [-0.05, 0) is 24.6 Å². The summed E-state index contributed by atoms with van der Waals surface area (Å²) in [7, 11) is 0. The van der Waals surface area contributed by atoms with Gasteiger partial charge in [-0.15, -0.1) is 0 Å². The lowest BCUT2D eigenvalue weighted by atomic mass is 10.0. The minimum atomic E-state index is -1.30. The van der Waals surface area contributed by atoms with Crippen molar-refractivity contribution in [2.24, 2.45) is 0 Å². The number of benzene rings is 1. The maximum Gasteiger partial charge on any atom is 0.262 e. The van der Waals surface area contributed by atoms with Gasteiger partial charge in [0.25, 0.3) is 11.8 Å². The quantitative estimate of drug-likeness (QED) is 0.709. The number of hydrogen-bond donors (Lipinski definition) is 2. The fraction of sp³-hybridized carbons (Fsp3) is 0.308. The molecule has 20 heavy (non-hydrogen) atoms. The number of nitrogens with one attached hydrogen (secondary N) is 1. The van der Waals surface area contributed by atoms with E-state index in [1.54, 1.807) is 0 Å². The van der Waals surface area contributed by atoms with Crippen LogP contribution in [0.5, 0.6) is 0 Å². The van der Waals surface area contributed by atoms with E-state index < -0.39 is 29.9 Å². The first-order chi connectivity index (χ1) is 9.49. The van der Waals surface area contributed by atoms with Crippen molar-refractivity contribution in [3.63, 3.8) is 0 Å². The highest BCUT2D eigenvalue weighted by molar-refractivity contribution is 6.21. The molecular formula is C13H11FN2O4. The van der Waals surface area contributed by atoms with Gasteiger partial charge in [0.05, 0.1) is 17.2 Å². The number of imide groups is 1. The molecule has 104 valence electrons. The lowest BCUT2D eigenvalue weighted by Crippen LogP contribution is -2.57. The highest BCUT2D eigenvalue weighted by Crippen LogP contribution is 2.28. The first-order valence-corrected chi connectivity index (χ1v) is 6.14.